The van der Waals surface area contributed by atoms with Crippen molar-refractivity contribution in [3.8, 4) is 11.5 Å². The van der Waals surface area contributed by atoms with Crippen LogP contribution in [0, 0.1) is 9.39 Å². The largest absolute Gasteiger partial charge is 0.421 e. The van der Waals surface area contributed by atoms with Gasteiger partial charge in [0, 0.05) is 22.6 Å². The van der Waals surface area contributed by atoms with E-state index in [1.807, 2.05) is 0 Å². The molecule has 0 aliphatic heterocycles. The first-order valence-corrected chi connectivity index (χ1v) is 7.31. The van der Waals surface area contributed by atoms with E-state index in [-0.39, 0.29) is 5.82 Å². The zero-order valence-electron chi connectivity index (χ0n) is 10.2. The van der Waals surface area contributed by atoms with E-state index in [1.54, 1.807) is 6.07 Å². The van der Waals surface area contributed by atoms with Crippen molar-refractivity contribution in [1.82, 2.24) is 15.5 Å². The van der Waals surface area contributed by atoms with Crippen molar-refractivity contribution in [2.45, 2.75) is 25.3 Å². The maximum absolute atomic E-state index is 13.0. The molecule has 1 aromatic heterocycles. The van der Waals surface area contributed by atoms with Gasteiger partial charge >= 0.3 is 0 Å². The van der Waals surface area contributed by atoms with Crippen LogP contribution in [0.1, 0.15) is 18.7 Å². The average Bonchev–Trinajstić information content (AvgIpc) is 3.07. The van der Waals surface area contributed by atoms with E-state index >= 15 is 0 Å². The second kappa shape index (κ2) is 5.54. The van der Waals surface area contributed by atoms with Crippen LogP contribution in [0.2, 0.25) is 0 Å². The highest BCUT2D eigenvalue weighted by molar-refractivity contribution is 14.1. The SMILES string of the molecule is Fc1ccc(-c2nnc(CCNC3CC3)o2)c(I)c1. The summed E-state index contributed by atoms with van der Waals surface area (Å²) in [7, 11) is 0. The van der Waals surface area contributed by atoms with Crippen molar-refractivity contribution in [3.05, 3.63) is 33.5 Å². The fraction of sp³-hybridized carbons (Fsp3) is 0.385. The van der Waals surface area contributed by atoms with Crippen molar-refractivity contribution in [3.63, 3.8) is 0 Å². The summed E-state index contributed by atoms with van der Waals surface area (Å²) in [4.78, 5) is 0. The van der Waals surface area contributed by atoms with E-state index in [9.17, 15) is 4.39 Å². The summed E-state index contributed by atoms with van der Waals surface area (Å²) in [5.74, 6) is 0.801. The second-order valence-electron chi connectivity index (χ2n) is 4.60. The minimum Gasteiger partial charge on any atom is -0.421 e. The second-order valence-corrected chi connectivity index (χ2v) is 5.77. The van der Waals surface area contributed by atoms with Gasteiger partial charge in [-0.1, -0.05) is 0 Å². The Bertz CT molecular complexity index is 583. The quantitative estimate of drug-likeness (QED) is 0.820. The first-order chi connectivity index (χ1) is 9.22. The van der Waals surface area contributed by atoms with Gasteiger partial charge in [-0.3, -0.25) is 0 Å². The Labute approximate surface area is 123 Å². The number of aromatic nitrogens is 2. The molecule has 2 aromatic rings. The van der Waals surface area contributed by atoms with Crippen LogP contribution in [0.5, 0.6) is 0 Å². The molecule has 0 radical (unpaired) electrons. The third-order valence-corrected chi connectivity index (χ3v) is 3.87. The van der Waals surface area contributed by atoms with Gasteiger partial charge in [0.2, 0.25) is 11.8 Å². The molecule has 100 valence electrons. The fourth-order valence-electron chi connectivity index (χ4n) is 1.80. The van der Waals surface area contributed by atoms with Crippen molar-refractivity contribution in [2.75, 3.05) is 6.54 Å². The van der Waals surface area contributed by atoms with Crippen LogP contribution in [0.25, 0.3) is 11.5 Å². The lowest BCUT2D eigenvalue weighted by Crippen LogP contribution is -2.19. The molecule has 0 atom stereocenters. The molecule has 0 unspecified atom stereocenters. The third-order valence-electron chi connectivity index (χ3n) is 2.98. The highest BCUT2D eigenvalue weighted by Crippen LogP contribution is 2.25. The zero-order chi connectivity index (χ0) is 13.2. The van der Waals surface area contributed by atoms with Crippen LogP contribution >= 0.6 is 22.6 Å². The lowest BCUT2D eigenvalue weighted by Gasteiger charge is -1.99. The van der Waals surface area contributed by atoms with Gasteiger partial charge in [0.15, 0.2) is 0 Å². The molecule has 1 fully saturated rings. The molecule has 0 spiro atoms. The summed E-state index contributed by atoms with van der Waals surface area (Å²) < 4.78 is 19.4. The summed E-state index contributed by atoms with van der Waals surface area (Å²) in [5.41, 5.74) is 0.774. The predicted octanol–water partition coefficient (Wildman–Crippen LogP) is 2.77. The third kappa shape index (κ3) is 3.30. The first-order valence-electron chi connectivity index (χ1n) is 6.23. The van der Waals surface area contributed by atoms with Crippen LogP contribution < -0.4 is 5.32 Å². The molecule has 1 heterocycles. The first kappa shape index (κ1) is 13.0. The molecule has 3 rings (SSSR count). The Morgan fingerprint density at radius 2 is 2.21 bits per heavy atom. The number of nitrogens with one attached hydrogen (secondary N) is 1. The Kier molecular flexibility index (Phi) is 3.79. The number of rotatable bonds is 5. The van der Waals surface area contributed by atoms with E-state index in [2.05, 4.69) is 38.1 Å². The molecule has 19 heavy (non-hydrogen) atoms. The number of hydrogen-bond acceptors (Lipinski definition) is 4. The Balaban J connectivity index is 1.68. The lowest BCUT2D eigenvalue weighted by molar-refractivity contribution is 0.493. The van der Waals surface area contributed by atoms with Gasteiger partial charge < -0.3 is 9.73 Å². The number of halogens is 2. The minimum atomic E-state index is -0.262. The van der Waals surface area contributed by atoms with E-state index in [0.717, 1.165) is 22.1 Å². The van der Waals surface area contributed by atoms with Gasteiger partial charge in [0.05, 0.1) is 5.56 Å². The number of benzene rings is 1. The average molecular weight is 373 g/mol. The molecular formula is C13H13FIN3O. The Morgan fingerprint density at radius 3 is 2.95 bits per heavy atom. The number of hydrogen-bond donors (Lipinski definition) is 1. The summed E-state index contributed by atoms with van der Waals surface area (Å²) in [6, 6.07) is 5.20. The van der Waals surface area contributed by atoms with Gasteiger partial charge in [0.1, 0.15) is 5.82 Å². The van der Waals surface area contributed by atoms with Crippen molar-refractivity contribution < 1.29 is 8.81 Å². The van der Waals surface area contributed by atoms with Gasteiger partial charge in [0.25, 0.3) is 0 Å². The molecule has 0 bridgehead atoms. The Hall–Kier alpha value is -1.02. The maximum Gasteiger partial charge on any atom is 0.248 e. The van der Waals surface area contributed by atoms with E-state index < -0.39 is 0 Å². The van der Waals surface area contributed by atoms with E-state index in [1.165, 1.54) is 25.0 Å². The lowest BCUT2D eigenvalue weighted by atomic mass is 10.2. The van der Waals surface area contributed by atoms with Gasteiger partial charge in [-0.15, -0.1) is 10.2 Å². The highest BCUT2D eigenvalue weighted by Gasteiger charge is 2.20. The normalized spacial score (nSPS) is 14.8. The summed E-state index contributed by atoms with van der Waals surface area (Å²) >= 11 is 2.06. The Morgan fingerprint density at radius 1 is 1.37 bits per heavy atom. The van der Waals surface area contributed by atoms with Gasteiger partial charge in [-0.05, 0) is 53.6 Å². The minimum absolute atomic E-state index is 0.262. The summed E-state index contributed by atoms with van der Waals surface area (Å²) in [6.07, 6.45) is 3.26. The predicted molar refractivity (Wildman–Crippen MR) is 77.1 cm³/mol. The molecule has 6 heteroatoms. The monoisotopic (exact) mass is 373 g/mol. The van der Waals surface area contributed by atoms with Crippen LogP contribution in [0.3, 0.4) is 0 Å². The molecule has 0 amide bonds. The van der Waals surface area contributed by atoms with Crippen molar-refractivity contribution in [2.24, 2.45) is 0 Å². The van der Waals surface area contributed by atoms with E-state index in [4.69, 9.17) is 4.42 Å². The standard InChI is InChI=1S/C13H13FIN3O/c14-8-1-4-10(11(15)7-8)13-18-17-12(19-13)5-6-16-9-2-3-9/h1,4,7,9,16H,2-3,5-6H2. The molecule has 1 saturated carbocycles. The van der Waals surface area contributed by atoms with Gasteiger partial charge in [-0.2, -0.15) is 0 Å². The van der Waals surface area contributed by atoms with Crippen LogP contribution in [0.4, 0.5) is 4.39 Å². The van der Waals surface area contributed by atoms with Crippen LogP contribution in [0.15, 0.2) is 22.6 Å². The molecule has 1 aromatic carbocycles. The van der Waals surface area contributed by atoms with Crippen LogP contribution in [-0.2, 0) is 6.42 Å². The molecule has 1 N–H and O–H groups in total. The number of nitrogens with zero attached hydrogens (tertiary/aromatic N) is 2. The van der Waals surface area contributed by atoms with Crippen molar-refractivity contribution >= 4 is 22.6 Å². The zero-order valence-corrected chi connectivity index (χ0v) is 12.4. The summed E-state index contributed by atoms with van der Waals surface area (Å²) in [5, 5.41) is 11.4. The molecule has 4 nitrogen and oxygen atoms in total. The maximum atomic E-state index is 13.0. The summed E-state index contributed by atoms with van der Waals surface area (Å²) in [6.45, 7) is 0.854. The molecule has 1 aliphatic carbocycles. The molecule has 1 aliphatic rings. The van der Waals surface area contributed by atoms with E-state index in [0.29, 0.717) is 17.8 Å². The highest BCUT2D eigenvalue weighted by atomic mass is 127. The molecular weight excluding hydrogens is 360 g/mol. The molecule has 0 saturated heterocycles. The topological polar surface area (TPSA) is 51.0 Å². The van der Waals surface area contributed by atoms with Crippen molar-refractivity contribution in [1.29, 1.82) is 0 Å². The smallest absolute Gasteiger partial charge is 0.248 e. The van der Waals surface area contributed by atoms with Gasteiger partial charge in [-0.25, -0.2) is 4.39 Å². The fourth-order valence-corrected chi connectivity index (χ4v) is 2.51. The van der Waals surface area contributed by atoms with Crippen LogP contribution in [-0.4, -0.2) is 22.8 Å².